The highest BCUT2D eigenvalue weighted by Crippen LogP contribution is 2.28. The molecule has 0 aromatic heterocycles. The van der Waals surface area contributed by atoms with E-state index in [0.29, 0.717) is 6.61 Å². The lowest BCUT2D eigenvalue weighted by atomic mass is 10.0. The summed E-state index contributed by atoms with van der Waals surface area (Å²) in [5.74, 6) is 1.09. The molecule has 1 heteroatoms. The molecule has 0 radical (unpaired) electrons. The van der Waals surface area contributed by atoms with Gasteiger partial charge in [0.2, 0.25) is 0 Å². The molecular weight excluding hydrogens is 160 g/mol. The molecule has 1 nitrogen and oxygen atoms in total. The van der Waals surface area contributed by atoms with Crippen LogP contribution in [0.15, 0.2) is 24.3 Å². The Morgan fingerprint density at radius 1 is 1.38 bits per heavy atom. The minimum absolute atomic E-state index is 0.716. The molecule has 68 valence electrons. The molecule has 0 unspecified atom stereocenters. The molecule has 1 aliphatic rings. The maximum atomic E-state index is 5.62. The molecule has 0 atom stereocenters. The molecule has 1 aromatic carbocycles. The second-order valence-corrected chi connectivity index (χ2v) is 3.30. The number of para-hydroxylation sites is 1. The van der Waals surface area contributed by atoms with Gasteiger partial charge in [-0.3, -0.25) is 0 Å². The number of hydrogen-bond acceptors (Lipinski definition) is 1. The SMILES string of the molecule is CCCc1cccc2c1OCC=C2. The standard InChI is InChI=1S/C12H14O/c1-2-5-10-6-3-7-11-8-4-9-13-12(10)11/h3-4,6-8H,2,5,9H2,1H3. The molecule has 0 saturated carbocycles. The quantitative estimate of drug-likeness (QED) is 0.669. The zero-order valence-corrected chi connectivity index (χ0v) is 7.92. The number of hydrogen-bond donors (Lipinski definition) is 0. The Hall–Kier alpha value is -1.24. The molecule has 2 rings (SSSR count). The maximum absolute atomic E-state index is 5.62. The second-order valence-electron chi connectivity index (χ2n) is 3.30. The van der Waals surface area contributed by atoms with Gasteiger partial charge in [-0.15, -0.1) is 0 Å². The lowest BCUT2D eigenvalue weighted by Gasteiger charge is -2.15. The summed E-state index contributed by atoms with van der Waals surface area (Å²) in [7, 11) is 0. The van der Waals surface area contributed by atoms with Gasteiger partial charge in [-0.25, -0.2) is 0 Å². The molecule has 13 heavy (non-hydrogen) atoms. The van der Waals surface area contributed by atoms with E-state index >= 15 is 0 Å². The van der Waals surface area contributed by atoms with Crippen molar-refractivity contribution in [2.75, 3.05) is 6.61 Å². The zero-order valence-electron chi connectivity index (χ0n) is 7.92. The minimum atomic E-state index is 0.716. The number of benzene rings is 1. The van der Waals surface area contributed by atoms with Crippen molar-refractivity contribution in [2.24, 2.45) is 0 Å². The van der Waals surface area contributed by atoms with Crippen molar-refractivity contribution < 1.29 is 4.74 Å². The van der Waals surface area contributed by atoms with Gasteiger partial charge < -0.3 is 4.74 Å². The number of rotatable bonds is 2. The first-order valence-electron chi connectivity index (χ1n) is 4.83. The van der Waals surface area contributed by atoms with Crippen LogP contribution < -0.4 is 4.74 Å². The van der Waals surface area contributed by atoms with Crippen molar-refractivity contribution in [3.63, 3.8) is 0 Å². The number of aryl methyl sites for hydroxylation is 1. The Balaban J connectivity index is 2.41. The lowest BCUT2D eigenvalue weighted by molar-refractivity contribution is 0.354. The van der Waals surface area contributed by atoms with Crippen LogP contribution in [-0.4, -0.2) is 6.61 Å². The molecule has 1 aliphatic heterocycles. The highest BCUT2D eigenvalue weighted by Gasteiger charge is 2.09. The fourth-order valence-electron chi connectivity index (χ4n) is 1.68. The largest absolute Gasteiger partial charge is 0.489 e. The van der Waals surface area contributed by atoms with E-state index in [4.69, 9.17) is 4.74 Å². The Morgan fingerprint density at radius 3 is 3.15 bits per heavy atom. The third-order valence-electron chi connectivity index (χ3n) is 2.27. The molecule has 0 aliphatic carbocycles. The minimum Gasteiger partial charge on any atom is -0.489 e. The van der Waals surface area contributed by atoms with Crippen molar-refractivity contribution in [3.8, 4) is 5.75 Å². The predicted octanol–water partition coefficient (Wildman–Crippen LogP) is 3.04. The van der Waals surface area contributed by atoms with E-state index < -0.39 is 0 Å². The van der Waals surface area contributed by atoms with Crippen LogP contribution in [0.4, 0.5) is 0 Å². The fourth-order valence-corrected chi connectivity index (χ4v) is 1.68. The molecule has 1 aromatic rings. The second kappa shape index (κ2) is 3.65. The summed E-state index contributed by atoms with van der Waals surface area (Å²) in [6, 6.07) is 6.36. The first-order chi connectivity index (χ1) is 6.42. The van der Waals surface area contributed by atoms with Gasteiger partial charge in [0.1, 0.15) is 12.4 Å². The van der Waals surface area contributed by atoms with Gasteiger partial charge >= 0.3 is 0 Å². The molecule has 1 heterocycles. The summed E-state index contributed by atoms with van der Waals surface area (Å²) < 4.78 is 5.62. The van der Waals surface area contributed by atoms with Gasteiger partial charge in [-0.1, -0.05) is 37.6 Å². The lowest BCUT2D eigenvalue weighted by Crippen LogP contribution is -2.03. The summed E-state index contributed by atoms with van der Waals surface area (Å²) in [5, 5.41) is 0. The summed E-state index contributed by atoms with van der Waals surface area (Å²) in [6.45, 7) is 2.91. The summed E-state index contributed by atoms with van der Waals surface area (Å²) in [4.78, 5) is 0. The van der Waals surface area contributed by atoms with Crippen molar-refractivity contribution in [1.29, 1.82) is 0 Å². The van der Waals surface area contributed by atoms with E-state index in [0.717, 1.165) is 12.2 Å². The zero-order chi connectivity index (χ0) is 9.10. The molecule has 0 N–H and O–H groups in total. The van der Waals surface area contributed by atoms with E-state index in [2.05, 4.69) is 37.3 Å². The Kier molecular flexibility index (Phi) is 2.35. The summed E-state index contributed by atoms with van der Waals surface area (Å²) >= 11 is 0. The van der Waals surface area contributed by atoms with Gasteiger partial charge in [-0.05, 0) is 18.1 Å². The molecule has 0 spiro atoms. The number of ether oxygens (including phenoxy) is 1. The first-order valence-corrected chi connectivity index (χ1v) is 4.83. The average molecular weight is 174 g/mol. The fraction of sp³-hybridized carbons (Fsp3) is 0.333. The average Bonchev–Trinajstić information content (AvgIpc) is 2.19. The highest BCUT2D eigenvalue weighted by atomic mass is 16.5. The van der Waals surface area contributed by atoms with Crippen molar-refractivity contribution in [1.82, 2.24) is 0 Å². The van der Waals surface area contributed by atoms with Gasteiger partial charge in [0.25, 0.3) is 0 Å². The molecular formula is C12H14O. The molecule has 0 amide bonds. The molecule has 0 fully saturated rings. The van der Waals surface area contributed by atoms with Crippen LogP contribution >= 0.6 is 0 Å². The van der Waals surface area contributed by atoms with Crippen LogP contribution in [0.1, 0.15) is 24.5 Å². The maximum Gasteiger partial charge on any atom is 0.130 e. The third-order valence-corrected chi connectivity index (χ3v) is 2.27. The molecule has 0 saturated heterocycles. The molecule has 0 bridgehead atoms. The Morgan fingerprint density at radius 2 is 2.31 bits per heavy atom. The Labute approximate surface area is 79.0 Å². The van der Waals surface area contributed by atoms with E-state index in [1.54, 1.807) is 0 Å². The Bertz CT molecular complexity index is 326. The highest BCUT2D eigenvalue weighted by molar-refractivity contribution is 5.61. The van der Waals surface area contributed by atoms with Crippen molar-refractivity contribution >= 4 is 6.08 Å². The van der Waals surface area contributed by atoms with Crippen molar-refractivity contribution in [2.45, 2.75) is 19.8 Å². The topological polar surface area (TPSA) is 9.23 Å². The van der Waals surface area contributed by atoms with Crippen molar-refractivity contribution in [3.05, 3.63) is 35.4 Å². The van der Waals surface area contributed by atoms with E-state index in [1.165, 1.54) is 17.5 Å². The van der Waals surface area contributed by atoms with Crippen LogP contribution in [0.2, 0.25) is 0 Å². The van der Waals surface area contributed by atoms with Gasteiger partial charge in [0.05, 0.1) is 0 Å². The van der Waals surface area contributed by atoms with Crippen LogP contribution in [-0.2, 0) is 6.42 Å². The van der Waals surface area contributed by atoms with Gasteiger partial charge in [0.15, 0.2) is 0 Å². The van der Waals surface area contributed by atoms with E-state index in [9.17, 15) is 0 Å². The van der Waals surface area contributed by atoms with Crippen LogP contribution in [0.25, 0.3) is 6.08 Å². The third kappa shape index (κ3) is 1.59. The van der Waals surface area contributed by atoms with Crippen LogP contribution in [0, 0.1) is 0 Å². The van der Waals surface area contributed by atoms with Gasteiger partial charge in [0, 0.05) is 5.56 Å². The van der Waals surface area contributed by atoms with Gasteiger partial charge in [-0.2, -0.15) is 0 Å². The van der Waals surface area contributed by atoms with Crippen LogP contribution in [0.3, 0.4) is 0 Å². The number of fused-ring (bicyclic) bond motifs is 1. The predicted molar refractivity (Wildman–Crippen MR) is 55.0 cm³/mol. The monoisotopic (exact) mass is 174 g/mol. The summed E-state index contributed by atoms with van der Waals surface area (Å²) in [5.41, 5.74) is 2.56. The smallest absolute Gasteiger partial charge is 0.130 e. The summed E-state index contributed by atoms with van der Waals surface area (Å²) in [6.07, 6.45) is 6.47. The normalized spacial score (nSPS) is 13.6. The van der Waals surface area contributed by atoms with Crippen LogP contribution in [0.5, 0.6) is 5.75 Å². The first kappa shape index (κ1) is 8.36. The van der Waals surface area contributed by atoms with E-state index in [-0.39, 0.29) is 0 Å². The van der Waals surface area contributed by atoms with E-state index in [1.807, 2.05) is 0 Å².